The summed E-state index contributed by atoms with van der Waals surface area (Å²) in [5.41, 5.74) is 0.415. The molecule has 0 unspecified atom stereocenters. The molecule has 2 N–H and O–H groups in total. The van der Waals surface area contributed by atoms with Gasteiger partial charge in [0.1, 0.15) is 5.75 Å². The minimum absolute atomic E-state index is 0.0689. The predicted molar refractivity (Wildman–Crippen MR) is 136 cm³/mol. The third-order valence-electron chi connectivity index (χ3n) is 5.88. The molecule has 11 heteroatoms. The highest BCUT2D eigenvalue weighted by Gasteiger charge is 2.35. The summed E-state index contributed by atoms with van der Waals surface area (Å²) in [7, 11) is 0. The number of nitrogens with one attached hydrogen (secondary N) is 2. The van der Waals surface area contributed by atoms with E-state index in [1.165, 1.54) is 11.0 Å². The average molecular weight is 546 g/mol. The quantitative estimate of drug-likeness (QED) is 0.415. The monoisotopic (exact) mass is 545 g/mol. The normalized spacial score (nSPS) is 15.3. The third kappa shape index (κ3) is 6.83. The van der Waals surface area contributed by atoms with Crippen LogP contribution in [-0.4, -0.2) is 30.9 Å². The molecule has 7 nitrogen and oxygen atoms in total. The molecule has 0 bridgehead atoms. The van der Waals surface area contributed by atoms with Crippen LogP contribution in [0.25, 0.3) is 0 Å². The minimum atomic E-state index is -4.65. The summed E-state index contributed by atoms with van der Waals surface area (Å²) >= 11 is 5.59. The van der Waals surface area contributed by atoms with E-state index in [2.05, 4.69) is 10.6 Å². The summed E-state index contributed by atoms with van der Waals surface area (Å²) in [5, 5.41) is 4.73. The van der Waals surface area contributed by atoms with E-state index in [0.717, 1.165) is 17.7 Å². The molecule has 1 fully saturated rings. The molecule has 1 aliphatic rings. The summed E-state index contributed by atoms with van der Waals surface area (Å²) < 4.78 is 44.4. The number of alkyl halides is 3. The van der Waals surface area contributed by atoms with Crippen molar-refractivity contribution >= 4 is 40.7 Å². The van der Waals surface area contributed by atoms with E-state index >= 15 is 0 Å². The number of amides is 3. The second-order valence-corrected chi connectivity index (χ2v) is 9.04. The van der Waals surface area contributed by atoms with Crippen molar-refractivity contribution in [3.05, 3.63) is 88.9 Å². The van der Waals surface area contributed by atoms with Crippen molar-refractivity contribution in [1.82, 2.24) is 5.32 Å². The lowest BCUT2D eigenvalue weighted by Crippen LogP contribution is -2.32. The van der Waals surface area contributed by atoms with Gasteiger partial charge in [0.25, 0.3) is 5.91 Å². The van der Waals surface area contributed by atoms with Crippen LogP contribution < -0.4 is 20.3 Å². The van der Waals surface area contributed by atoms with Crippen molar-refractivity contribution in [1.29, 1.82) is 0 Å². The Morgan fingerprint density at radius 3 is 2.42 bits per heavy atom. The molecule has 1 saturated heterocycles. The number of nitrogens with zero attached hydrogens (tertiary/aromatic N) is 1. The smallest absolute Gasteiger partial charge is 0.417 e. The zero-order chi connectivity index (χ0) is 27.3. The Hall–Kier alpha value is -4.05. The minimum Gasteiger partial charge on any atom is -0.484 e. The van der Waals surface area contributed by atoms with Crippen LogP contribution in [-0.2, 0) is 27.1 Å². The molecule has 4 rings (SSSR count). The van der Waals surface area contributed by atoms with Crippen LogP contribution in [0.15, 0.2) is 72.8 Å². The fraction of sp³-hybridized carbons (Fsp3) is 0.222. The number of ether oxygens (including phenoxy) is 1. The number of benzene rings is 3. The second-order valence-electron chi connectivity index (χ2n) is 8.63. The lowest BCUT2D eigenvalue weighted by molar-refractivity contribution is -0.137. The number of hydrogen-bond donors (Lipinski definition) is 2. The summed E-state index contributed by atoms with van der Waals surface area (Å²) in [6.07, 6.45) is -4.56. The molecular formula is C27H23ClF3N3O4. The molecule has 1 atom stereocenters. The molecule has 1 aliphatic heterocycles. The fourth-order valence-electron chi connectivity index (χ4n) is 3.95. The van der Waals surface area contributed by atoms with Crippen LogP contribution in [0, 0.1) is 5.92 Å². The number of rotatable bonds is 8. The Labute approximate surface area is 221 Å². The van der Waals surface area contributed by atoms with Crippen molar-refractivity contribution in [3.8, 4) is 5.75 Å². The third-order valence-corrected chi connectivity index (χ3v) is 6.21. The molecule has 0 aromatic heterocycles. The molecule has 3 aromatic carbocycles. The zero-order valence-electron chi connectivity index (χ0n) is 19.9. The Balaban J connectivity index is 1.28. The maximum absolute atomic E-state index is 13.0. The van der Waals surface area contributed by atoms with Crippen LogP contribution in [0.4, 0.5) is 24.5 Å². The first-order chi connectivity index (χ1) is 18.1. The standard InChI is InChI=1S/C27H23ClF3N3O4/c28-23-11-6-19(13-22(23)27(29,30)31)33-24(35)16-38-21-9-7-20(8-10-21)34-15-18(12-25(34)36)26(37)32-14-17-4-2-1-3-5-17/h1-11,13,18H,12,14-16H2,(H,32,37)(H,33,35)/t18-/m1/s1. The van der Waals surface area contributed by atoms with Gasteiger partial charge >= 0.3 is 6.18 Å². The van der Waals surface area contributed by atoms with E-state index < -0.39 is 35.2 Å². The Morgan fingerprint density at radius 1 is 1.03 bits per heavy atom. The van der Waals surface area contributed by atoms with Crippen LogP contribution >= 0.6 is 11.6 Å². The van der Waals surface area contributed by atoms with Gasteiger partial charge in [0, 0.05) is 30.9 Å². The van der Waals surface area contributed by atoms with E-state index in [0.29, 0.717) is 18.0 Å². The first-order valence-electron chi connectivity index (χ1n) is 11.6. The van der Waals surface area contributed by atoms with E-state index in [4.69, 9.17) is 16.3 Å². The molecule has 0 radical (unpaired) electrons. The van der Waals surface area contributed by atoms with Crippen molar-refractivity contribution in [3.63, 3.8) is 0 Å². The zero-order valence-corrected chi connectivity index (χ0v) is 20.7. The lowest BCUT2D eigenvalue weighted by atomic mass is 10.1. The van der Waals surface area contributed by atoms with Gasteiger partial charge in [-0.2, -0.15) is 13.2 Å². The van der Waals surface area contributed by atoms with Crippen molar-refractivity contribution in [2.24, 2.45) is 5.92 Å². The number of halogens is 4. The Bertz CT molecular complexity index is 1320. The molecule has 0 spiro atoms. The highest BCUT2D eigenvalue weighted by Crippen LogP contribution is 2.36. The van der Waals surface area contributed by atoms with Crippen LogP contribution in [0.1, 0.15) is 17.5 Å². The first kappa shape index (κ1) is 27.0. The molecule has 0 aliphatic carbocycles. The fourth-order valence-corrected chi connectivity index (χ4v) is 4.18. The molecular weight excluding hydrogens is 523 g/mol. The van der Waals surface area contributed by atoms with E-state index in [1.54, 1.807) is 24.3 Å². The Kier molecular flexibility index (Phi) is 8.21. The van der Waals surface area contributed by atoms with E-state index in [9.17, 15) is 27.6 Å². The largest absolute Gasteiger partial charge is 0.484 e. The molecule has 38 heavy (non-hydrogen) atoms. The Morgan fingerprint density at radius 2 is 1.74 bits per heavy atom. The average Bonchev–Trinajstić information content (AvgIpc) is 3.29. The van der Waals surface area contributed by atoms with Gasteiger partial charge in [-0.1, -0.05) is 41.9 Å². The van der Waals surface area contributed by atoms with E-state index in [-0.39, 0.29) is 30.5 Å². The van der Waals surface area contributed by atoms with Crippen LogP contribution in [0.2, 0.25) is 5.02 Å². The number of carbonyl (C=O) groups is 3. The summed E-state index contributed by atoms with van der Waals surface area (Å²) in [6.45, 7) is 0.171. The maximum Gasteiger partial charge on any atom is 0.417 e. The SMILES string of the molecule is O=C(COc1ccc(N2C[C@H](C(=O)NCc3ccccc3)CC2=O)cc1)Nc1ccc(Cl)c(C(F)(F)F)c1. The van der Waals surface area contributed by atoms with Gasteiger partial charge in [-0.25, -0.2) is 0 Å². The number of carbonyl (C=O) groups excluding carboxylic acids is 3. The second kappa shape index (κ2) is 11.6. The van der Waals surface area contributed by atoms with Crippen molar-refractivity contribution in [2.75, 3.05) is 23.4 Å². The molecule has 3 amide bonds. The van der Waals surface area contributed by atoms with Gasteiger partial charge in [-0.15, -0.1) is 0 Å². The van der Waals surface area contributed by atoms with Gasteiger partial charge < -0.3 is 20.3 Å². The molecule has 3 aromatic rings. The number of anilines is 2. The first-order valence-corrected chi connectivity index (χ1v) is 12.0. The van der Waals surface area contributed by atoms with Gasteiger partial charge in [-0.3, -0.25) is 14.4 Å². The van der Waals surface area contributed by atoms with Crippen LogP contribution in [0.5, 0.6) is 5.75 Å². The molecule has 1 heterocycles. The topological polar surface area (TPSA) is 87.7 Å². The van der Waals surface area contributed by atoms with Crippen LogP contribution in [0.3, 0.4) is 0 Å². The maximum atomic E-state index is 13.0. The van der Waals surface area contributed by atoms with Crippen molar-refractivity contribution in [2.45, 2.75) is 19.1 Å². The highest BCUT2D eigenvalue weighted by atomic mass is 35.5. The molecule has 0 saturated carbocycles. The lowest BCUT2D eigenvalue weighted by Gasteiger charge is -2.17. The predicted octanol–water partition coefficient (Wildman–Crippen LogP) is 5.05. The van der Waals surface area contributed by atoms with Crippen molar-refractivity contribution < 1.29 is 32.3 Å². The van der Waals surface area contributed by atoms with Gasteiger partial charge in [-0.05, 0) is 48.0 Å². The van der Waals surface area contributed by atoms with E-state index in [1.807, 2.05) is 30.3 Å². The molecule has 198 valence electrons. The number of hydrogen-bond acceptors (Lipinski definition) is 4. The summed E-state index contributed by atoms with van der Waals surface area (Å²) in [5.74, 6) is -1.20. The van der Waals surface area contributed by atoms with Gasteiger partial charge in [0.2, 0.25) is 11.8 Å². The van der Waals surface area contributed by atoms with Gasteiger partial charge in [0.15, 0.2) is 6.61 Å². The highest BCUT2D eigenvalue weighted by molar-refractivity contribution is 6.31. The summed E-state index contributed by atoms with van der Waals surface area (Å²) in [6, 6.07) is 18.9. The van der Waals surface area contributed by atoms with Gasteiger partial charge in [0.05, 0.1) is 16.5 Å². The summed E-state index contributed by atoms with van der Waals surface area (Å²) in [4.78, 5) is 38.7.